The van der Waals surface area contributed by atoms with Crippen LogP contribution < -0.4 is 20.7 Å². The molecule has 0 atom stereocenters. The fourth-order valence-electron chi connectivity index (χ4n) is 3.82. The first-order chi connectivity index (χ1) is 16.9. The summed E-state index contributed by atoms with van der Waals surface area (Å²) in [6, 6.07) is 14.2. The maximum atomic E-state index is 12.9. The van der Waals surface area contributed by atoms with Crippen molar-refractivity contribution < 1.29 is 13.2 Å². The van der Waals surface area contributed by atoms with Crippen LogP contribution in [0.5, 0.6) is 0 Å². The topological polar surface area (TPSA) is 164 Å². The predicted octanol–water partition coefficient (Wildman–Crippen LogP) is 1.39. The van der Waals surface area contributed by atoms with E-state index in [1.54, 1.807) is 24.4 Å². The fraction of sp³-hybridized carbons (Fsp3) is 0.182. The number of amides is 1. The lowest BCUT2D eigenvalue weighted by atomic mass is 10.2. The van der Waals surface area contributed by atoms with E-state index in [2.05, 4.69) is 35.8 Å². The van der Waals surface area contributed by atoms with Gasteiger partial charge in [-0.2, -0.15) is 10.2 Å². The van der Waals surface area contributed by atoms with Crippen molar-refractivity contribution in [3.63, 3.8) is 0 Å². The van der Waals surface area contributed by atoms with Gasteiger partial charge in [-0.1, -0.05) is 6.07 Å². The Kier molecular flexibility index (Phi) is 7.35. The number of aromatic amines is 1. The number of carbonyl (C=O) groups excluding carboxylic acids is 1. The number of hydrogen-bond acceptors (Lipinski definition) is 8. The molecule has 4 aromatic rings. The number of sulfonamides is 1. The summed E-state index contributed by atoms with van der Waals surface area (Å²) in [6.45, 7) is 3.65. The lowest BCUT2D eigenvalue weighted by Gasteiger charge is -2.29. The molecule has 1 fully saturated rings. The third-order valence-corrected chi connectivity index (χ3v) is 6.39. The second-order valence-electron chi connectivity index (χ2n) is 7.92. The molecule has 0 bridgehead atoms. The molecule has 14 heteroatoms. The van der Waals surface area contributed by atoms with Gasteiger partial charge in [-0.3, -0.25) is 9.89 Å². The Labute approximate surface area is 213 Å². The van der Waals surface area contributed by atoms with E-state index < -0.39 is 21.0 Å². The van der Waals surface area contributed by atoms with Crippen molar-refractivity contribution in [2.75, 3.05) is 36.4 Å². The standard InChI is InChI=1S/C22H23N9O3S.ClH/c23-35(33,34)22-20(27-21(32)19-3-1-2-17(26-19)18-8-9-25-28-18)14-31(29-22)16-6-4-15(5-7-16)30-12-10-24-11-13-30;/h1-9,14,24H,10-13H2,(H,25,28)(H,27,32)(H2,23,33,34);1H. The molecule has 4 heterocycles. The second-order valence-corrected chi connectivity index (χ2v) is 9.40. The highest BCUT2D eigenvalue weighted by atomic mass is 35.5. The number of nitrogens with zero attached hydrogens (tertiary/aromatic N) is 5. The lowest BCUT2D eigenvalue weighted by Crippen LogP contribution is -2.43. The normalized spacial score (nSPS) is 13.8. The molecule has 0 saturated carbocycles. The molecule has 3 aromatic heterocycles. The van der Waals surface area contributed by atoms with Crippen LogP contribution in [0, 0.1) is 0 Å². The third kappa shape index (κ3) is 5.39. The summed E-state index contributed by atoms with van der Waals surface area (Å²) in [5.41, 5.74) is 2.88. The minimum absolute atomic E-state index is 0. The van der Waals surface area contributed by atoms with Gasteiger partial charge in [-0.05, 0) is 42.5 Å². The number of nitrogens with one attached hydrogen (secondary N) is 3. The highest BCUT2D eigenvalue weighted by molar-refractivity contribution is 7.89. The van der Waals surface area contributed by atoms with E-state index in [9.17, 15) is 13.2 Å². The zero-order valence-electron chi connectivity index (χ0n) is 19.0. The van der Waals surface area contributed by atoms with Gasteiger partial charge in [-0.25, -0.2) is 23.2 Å². The summed E-state index contributed by atoms with van der Waals surface area (Å²) in [5.74, 6) is -0.607. The predicted molar refractivity (Wildman–Crippen MR) is 137 cm³/mol. The van der Waals surface area contributed by atoms with Crippen LogP contribution >= 0.6 is 12.4 Å². The van der Waals surface area contributed by atoms with Crippen LogP contribution in [0.1, 0.15) is 10.5 Å². The number of carbonyl (C=O) groups is 1. The molecule has 1 aliphatic rings. The molecule has 1 aromatic carbocycles. The van der Waals surface area contributed by atoms with E-state index in [1.165, 1.54) is 16.9 Å². The number of piperazine rings is 1. The van der Waals surface area contributed by atoms with Crippen molar-refractivity contribution in [1.82, 2.24) is 30.3 Å². The Morgan fingerprint density at radius 2 is 1.75 bits per heavy atom. The van der Waals surface area contributed by atoms with E-state index in [4.69, 9.17) is 5.14 Å². The molecule has 188 valence electrons. The molecule has 12 nitrogen and oxygen atoms in total. The van der Waals surface area contributed by atoms with Crippen molar-refractivity contribution in [3.05, 3.63) is 66.6 Å². The minimum Gasteiger partial charge on any atom is -0.369 e. The van der Waals surface area contributed by atoms with Crippen LogP contribution in [0.25, 0.3) is 17.1 Å². The van der Waals surface area contributed by atoms with Crippen molar-refractivity contribution >= 4 is 39.7 Å². The first kappa shape index (κ1) is 25.3. The van der Waals surface area contributed by atoms with Crippen LogP contribution in [0.3, 0.4) is 0 Å². The molecule has 5 rings (SSSR count). The average Bonchev–Trinajstić information content (AvgIpc) is 3.55. The maximum absolute atomic E-state index is 12.9. The summed E-state index contributed by atoms with van der Waals surface area (Å²) in [5, 5.41) is 21.6. The second kappa shape index (κ2) is 10.5. The first-order valence-corrected chi connectivity index (χ1v) is 12.4. The molecule has 0 aliphatic carbocycles. The molecule has 0 unspecified atom stereocenters. The minimum atomic E-state index is -4.21. The number of pyridine rings is 1. The number of aromatic nitrogens is 5. The van der Waals surface area contributed by atoms with Crippen LogP contribution in [0.15, 0.2) is 66.0 Å². The van der Waals surface area contributed by atoms with Crippen LogP contribution in [0.2, 0.25) is 0 Å². The van der Waals surface area contributed by atoms with Crippen molar-refractivity contribution in [2.24, 2.45) is 5.14 Å². The SMILES string of the molecule is Cl.NS(=O)(=O)c1nn(-c2ccc(N3CCNCC3)cc2)cc1NC(=O)c1cccc(-c2ccn[nH]2)n1. The van der Waals surface area contributed by atoms with Crippen molar-refractivity contribution in [2.45, 2.75) is 5.03 Å². The monoisotopic (exact) mass is 529 g/mol. The van der Waals surface area contributed by atoms with Gasteiger partial charge >= 0.3 is 0 Å². The van der Waals surface area contributed by atoms with Gasteiger partial charge in [0.1, 0.15) is 11.4 Å². The first-order valence-electron chi connectivity index (χ1n) is 10.9. The summed E-state index contributed by atoms with van der Waals surface area (Å²) < 4.78 is 25.8. The number of halogens is 1. The van der Waals surface area contributed by atoms with Gasteiger partial charge in [0.15, 0.2) is 0 Å². The van der Waals surface area contributed by atoms with E-state index >= 15 is 0 Å². The molecular formula is C22H24ClN9O3S. The number of H-pyrrole nitrogens is 1. The Morgan fingerprint density at radius 3 is 2.42 bits per heavy atom. The summed E-state index contributed by atoms with van der Waals surface area (Å²) in [6.07, 6.45) is 2.99. The van der Waals surface area contributed by atoms with Crippen LogP contribution in [0.4, 0.5) is 11.4 Å². The highest BCUT2D eigenvalue weighted by Crippen LogP contribution is 2.24. The average molecular weight is 530 g/mol. The zero-order chi connectivity index (χ0) is 24.4. The molecular weight excluding hydrogens is 506 g/mol. The van der Waals surface area contributed by atoms with Gasteiger partial charge < -0.3 is 15.5 Å². The summed E-state index contributed by atoms with van der Waals surface area (Å²) in [7, 11) is -4.21. The number of hydrogen-bond donors (Lipinski definition) is 4. The number of benzene rings is 1. The molecule has 0 spiro atoms. The molecule has 0 radical (unpaired) electrons. The number of rotatable bonds is 6. The maximum Gasteiger partial charge on any atom is 0.274 e. The molecule has 5 N–H and O–H groups in total. The van der Waals surface area contributed by atoms with Gasteiger partial charge in [0.05, 0.1) is 23.3 Å². The Morgan fingerprint density at radius 1 is 1.03 bits per heavy atom. The van der Waals surface area contributed by atoms with Gasteiger partial charge in [0.2, 0.25) is 5.03 Å². The van der Waals surface area contributed by atoms with Gasteiger partial charge in [0, 0.05) is 38.1 Å². The molecule has 1 aliphatic heterocycles. The van der Waals surface area contributed by atoms with Crippen LogP contribution in [-0.4, -0.2) is 65.5 Å². The highest BCUT2D eigenvalue weighted by Gasteiger charge is 2.23. The summed E-state index contributed by atoms with van der Waals surface area (Å²) in [4.78, 5) is 19.5. The third-order valence-electron chi connectivity index (χ3n) is 5.55. The van der Waals surface area contributed by atoms with E-state index in [0.29, 0.717) is 17.1 Å². The van der Waals surface area contributed by atoms with Crippen LogP contribution in [-0.2, 0) is 10.0 Å². The van der Waals surface area contributed by atoms with Crippen molar-refractivity contribution in [3.8, 4) is 17.1 Å². The molecule has 36 heavy (non-hydrogen) atoms. The zero-order valence-corrected chi connectivity index (χ0v) is 20.6. The number of anilines is 2. The van der Waals surface area contributed by atoms with E-state index in [1.807, 2.05) is 24.3 Å². The number of primary sulfonamides is 1. The number of nitrogens with two attached hydrogens (primary N) is 1. The largest absolute Gasteiger partial charge is 0.369 e. The Bertz CT molecular complexity index is 1450. The van der Waals surface area contributed by atoms with E-state index in [0.717, 1.165) is 31.9 Å². The fourth-order valence-corrected chi connectivity index (χ4v) is 4.43. The lowest BCUT2D eigenvalue weighted by molar-refractivity contribution is 0.102. The Balaban J connectivity index is 0.00000304. The quantitative estimate of drug-likeness (QED) is 0.291. The van der Waals surface area contributed by atoms with E-state index in [-0.39, 0.29) is 23.8 Å². The van der Waals surface area contributed by atoms with Gasteiger partial charge in [0.25, 0.3) is 15.9 Å². The molecule has 1 amide bonds. The Hall–Kier alpha value is -3.78. The van der Waals surface area contributed by atoms with Crippen molar-refractivity contribution in [1.29, 1.82) is 0 Å². The molecule has 1 saturated heterocycles. The summed E-state index contributed by atoms with van der Waals surface area (Å²) >= 11 is 0. The van der Waals surface area contributed by atoms with Gasteiger partial charge in [-0.15, -0.1) is 12.4 Å². The smallest absolute Gasteiger partial charge is 0.274 e.